The molecule has 0 saturated carbocycles. The van der Waals surface area contributed by atoms with Crippen LogP contribution < -0.4 is 11.0 Å². The normalized spacial score (nSPS) is 14.5. The Kier molecular flexibility index (Phi) is 4.43. The van der Waals surface area contributed by atoms with Gasteiger partial charge < -0.3 is 9.73 Å². The van der Waals surface area contributed by atoms with Crippen molar-refractivity contribution in [2.75, 3.05) is 13.1 Å². The maximum absolute atomic E-state index is 14.8. The molecule has 0 bridgehead atoms. The molecule has 1 saturated heterocycles. The number of aromatic nitrogens is 4. The Bertz CT molecular complexity index is 1290. The lowest BCUT2D eigenvalue weighted by molar-refractivity contribution is 0.116. The quantitative estimate of drug-likeness (QED) is 0.542. The van der Waals surface area contributed by atoms with Gasteiger partial charge in [0.1, 0.15) is 5.82 Å². The first-order chi connectivity index (χ1) is 14.5. The molecule has 1 N–H and O–H groups in total. The summed E-state index contributed by atoms with van der Waals surface area (Å²) >= 11 is 0. The molecule has 4 aromatic rings. The van der Waals surface area contributed by atoms with Crippen molar-refractivity contribution < 1.29 is 17.6 Å². The van der Waals surface area contributed by atoms with Gasteiger partial charge in [-0.05, 0) is 24.3 Å². The number of para-hydroxylation sites is 2. The van der Waals surface area contributed by atoms with Crippen molar-refractivity contribution in [1.82, 2.24) is 24.6 Å². The average Bonchev–Trinajstić information content (AvgIpc) is 3.28. The van der Waals surface area contributed by atoms with Gasteiger partial charge in [0.05, 0.1) is 23.6 Å². The Morgan fingerprint density at radius 2 is 1.90 bits per heavy atom. The molecule has 0 amide bonds. The number of halogens is 3. The Hall–Kier alpha value is -3.40. The fraction of sp³-hybridized carbons (Fsp3) is 0.250. The summed E-state index contributed by atoms with van der Waals surface area (Å²) in [4.78, 5) is 13.1. The number of hydrogen-bond donors (Lipinski definition) is 1. The molecule has 1 aliphatic heterocycles. The minimum Gasteiger partial charge on any atom is -0.415 e. The second kappa shape index (κ2) is 7.13. The lowest BCUT2D eigenvalue weighted by Gasteiger charge is -2.28. The van der Waals surface area contributed by atoms with Gasteiger partial charge in [0.2, 0.25) is 5.89 Å². The molecule has 7 nitrogen and oxygen atoms in total. The summed E-state index contributed by atoms with van der Waals surface area (Å²) in [5.74, 6) is -1.61. The molecular weight excluding hydrogens is 399 g/mol. The summed E-state index contributed by atoms with van der Waals surface area (Å²) in [7, 11) is 0. The molecule has 10 heteroatoms. The molecule has 0 radical (unpaired) electrons. The predicted molar refractivity (Wildman–Crippen MR) is 102 cm³/mol. The van der Waals surface area contributed by atoms with Crippen molar-refractivity contribution >= 4 is 11.0 Å². The van der Waals surface area contributed by atoms with Crippen molar-refractivity contribution in [1.29, 1.82) is 0 Å². The molecule has 0 aliphatic carbocycles. The number of nitrogens with zero attached hydrogens (tertiary/aromatic N) is 4. The maximum Gasteiger partial charge on any atom is 0.329 e. The minimum absolute atomic E-state index is 0.0325. The maximum atomic E-state index is 14.8. The van der Waals surface area contributed by atoms with Gasteiger partial charge in [-0.1, -0.05) is 18.2 Å². The number of alkyl halides is 2. The van der Waals surface area contributed by atoms with Crippen LogP contribution in [0.1, 0.15) is 23.9 Å². The Balaban J connectivity index is 1.51. The van der Waals surface area contributed by atoms with E-state index in [4.69, 9.17) is 4.42 Å². The summed E-state index contributed by atoms with van der Waals surface area (Å²) in [5.41, 5.74) is 1.78. The number of benzene rings is 2. The Labute approximate surface area is 167 Å². The molecule has 3 heterocycles. The molecular formula is C20H16F3N5O2. The summed E-state index contributed by atoms with van der Waals surface area (Å²) < 4.78 is 48.2. The first-order valence-corrected chi connectivity index (χ1v) is 9.34. The van der Waals surface area contributed by atoms with Crippen LogP contribution >= 0.6 is 0 Å². The lowest BCUT2D eigenvalue weighted by Crippen LogP contribution is -2.47. The van der Waals surface area contributed by atoms with Crippen LogP contribution in [-0.2, 0) is 6.54 Å². The fourth-order valence-electron chi connectivity index (χ4n) is 3.61. The third-order valence-electron chi connectivity index (χ3n) is 5.25. The van der Waals surface area contributed by atoms with E-state index in [0.717, 1.165) is 17.1 Å². The highest BCUT2D eigenvalue weighted by molar-refractivity contribution is 5.76. The number of fused-ring (bicyclic) bond motifs is 1. The molecule has 0 atom stereocenters. The molecule has 0 spiro atoms. The van der Waals surface area contributed by atoms with E-state index < -0.39 is 18.1 Å². The Morgan fingerprint density at radius 3 is 2.53 bits per heavy atom. The zero-order valence-electron chi connectivity index (χ0n) is 15.6. The van der Waals surface area contributed by atoms with Crippen LogP contribution in [0.5, 0.6) is 0 Å². The number of imidazole rings is 1. The van der Waals surface area contributed by atoms with Gasteiger partial charge in [-0.15, -0.1) is 10.2 Å². The summed E-state index contributed by atoms with van der Waals surface area (Å²) in [6, 6.07) is 11.6. The molecule has 5 rings (SSSR count). The van der Waals surface area contributed by atoms with Crippen molar-refractivity contribution in [2.45, 2.75) is 19.0 Å². The molecule has 1 aliphatic rings. The summed E-state index contributed by atoms with van der Waals surface area (Å²) in [6.45, 7) is 1.45. The SMILES string of the molecule is O=c1n(Cc2ccc(-c3nnc(C(F)F)o3)cc2F)c2ccccc2n1C1CNC1. The van der Waals surface area contributed by atoms with Crippen LogP contribution in [0.25, 0.3) is 22.5 Å². The van der Waals surface area contributed by atoms with E-state index in [0.29, 0.717) is 13.1 Å². The highest BCUT2D eigenvalue weighted by atomic mass is 19.3. The highest BCUT2D eigenvalue weighted by Crippen LogP contribution is 2.26. The second-order valence-electron chi connectivity index (χ2n) is 7.09. The third-order valence-corrected chi connectivity index (χ3v) is 5.25. The van der Waals surface area contributed by atoms with E-state index in [1.54, 1.807) is 4.57 Å². The van der Waals surface area contributed by atoms with E-state index in [-0.39, 0.29) is 35.3 Å². The van der Waals surface area contributed by atoms with Crippen molar-refractivity contribution in [3.8, 4) is 11.5 Å². The van der Waals surface area contributed by atoms with Gasteiger partial charge in [0, 0.05) is 24.2 Å². The smallest absolute Gasteiger partial charge is 0.329 e. The number of nitrogens with one attached hydrogen (secondary N) is 1. The first kappa shape index (κ1) is 18.6. The third kappa shape index (κ3) is 3.00. The zero-order chi connectivity index (χ0) is 20.8. The van der Waals surface area contributed by atoms with Crippen LogP contribution in [0.2, 0.25) is 0 Å². The summed E-state index contributed by atoms with van der Waals surface area (Å²) in [6.07, 6.45) is -2.90. The monoisotopic (exact) mass is 415 g/mol. The fourth-order valence-corrected chi connectivity index (χ4v) is 3.61. The Morgan fingerprint density at radius 1 is 1.13 bits per heavy atom. The molecule has 30 heavy (non-hydrogen) atoms. The minimum atomic E-state index is -2.90. The van der Waals surface area contributed by atoms with Crippen LogP contribution in [-0.4, -0.2) is 32.4 Å². The van der Waals surface area contributed by atoms with Crippen LogP contribution in [0.4, 0.5) is 13.2 Å². The molecule has 2 aromatic heterocycles. The number of rotatable bonds is 5. The highest BCUT2D eigenvalue weighted by Gasteiger charge is 2.25. The standard InChI is InChI=1S/C20H16F3N5O2/c21-14-7-11(18-25-26-19(30-18)17(22)23)5-6-12(14)10-27-15-3-1-2-4-16(15)28(20(27)29)13-8-24-9-13/h1-7,13,17,24H,8-10H2. The van der Waals surface area contributed by atoms with Crippen LogP contribution in [0.15, 0.2) is 51.7 Å². The van der Waals surface area contributed by atoms with Crippen molar-refractivity contribution in [3.63, 3.8) is 0 Å². The second-order valence-corrected chi connectivity index (χ2v) is 7.09. The van der Waals surface area contributed by atoms with E-state index >= 15 is 0 Å². The predicted octanol–water partition coefficient (Wildman–Crippen LogP) is 3.12. The molecule has 2 aromatic carbocycles. The molecule has 1 fully saturated rings. The van der Waals surface area contributed by atoms with Gasteiger partial charge in [0.15, 0.2) is 0 Å². The first-order valence-electron chi connectivity index (χ1n) is 9.34. The van der Waals surface area contributed by atoms with Gasteiger partial charge in [-0.3, -0.25) is 9.13 Å². The largest absolute Gasteiger partial charge is 0.415 e. The van der Waals surface area contributed by atoms with Gasteiger partial charge in [-0.25, -0.2) is 9.18 Å². The number of hydrogen-bond acceptors (Lipinski definition) is 5. The molecule has 0 unspecified atom stereocenters. The topological polar surface area (TPSA) is 77.9 Å². The van der Waals surface area contributed by atoms with Gasteiger partial charge in [0.25, 0.3) is 5.89 Å². The average molecular weight is 415 g/mol. The lowest BCUT2D eigenvalue weighted by atomic mass is 10.1. The zero-order valence-corrected chi connectivity index (χ0v) is 15.6. The van der Waals surface area contributed by atoms with Crippen molar-refractivity contribution in [3.05, 3.63) is 70.2 Å². The van der Waals surface area contributed by atoms with Crippen molar-refractivity contribution in [2.24, 2.45) is 0 Å². The van der Waals surface area contributed by atoms with E-state index in [1.165, 1.54) is 16.7 Å². The molecule has 154 valence electrons. The van der Waals surface area contributed by atoms with E-state index in [2.05, 4.69) is 15.5 Å². The van der Waals surface area contributed by atoms with Gasteiger partial charge >= 0.3 is 12.1 Å². The van der Waals surface area contributed by atoms with Crippen LogP contribution in [0, 0.1) is 5.82 Å². The summed E-state index contributed by atoms with van der Waals surface area (Å²) in [5, 5.41) is 9.93. The van der Waals surface area contributed by atoms with E-state index in [1.807, 2.05) is 24.3 Å². The van der Waals surface area contributed by atoms with Crippen LogP contribution in [0.3, 0.4) is 0 Å². The van der Waals surface area contributed by atoms with Gasteiger partial charge in [-0.2, -0.15) is 8.78 Å². The van der Waals surface area contributed by atoms with E-state index in [9.17, 15) is 18.0 Å².